The van der Waals surface area contributed by atoms with E-state index in [0.717, 1.165) is 12.0 Å². The highest BCUT2D eigenvalue weighted by Gasteiger charge is 2.28. The Labute approximate surface area is 149 Å². The molecule has 2 amide bonds. The predicted molar refractivity (Wildman–Crippen MR) is 95.8 cm³/mol. The smallest absolute Gasteiger partial charge is 0.329 e. The van der Waals surface area contributed by atoms with Gasteiger partial charge in [0.05, 0.1) is 6.42 Å². The number of ether oxygens (including phenoxy) is 1. The van der Waals surface area contributed by atoms with Crippen molar-refractivity contribution in [1.29, 1.82) is 0 Å². The third-order valence-corrected chi connectivity index (χ3v) is 3.66. The second-order valence-corrected chi connectivity index (χ2v) is 6.32. The predicted octanol–water partition coefficient (Wildman–Crippen LogP) is 1.83. The monoisotopic (exact) mass is 348 g/mol. The molecule has 0 spiro atoms. The lowest BCUT2D eigenvalue weighted by molar-refractivity contribution is -0.158. The second kappa shape index (κ2) is 10.5. The van der Waals surface area contributed by atoms with Crippen LogP contribution in [0.3, 0.4) is 0 Å². The van der Waals surface area contributed by atoms with Crippen molar-refractivity contribution in [2.45, 2.75) is 52.7 Å². The van der Waals surface area contributed by atoms with E-state index in [4.69, 9.17) is 4.74 Å². The summed E-state index contributed by atoms with van der Waals surface area (Å²) >= 11 is 0. The number of carbonyl (C=O) groups excluding carboxylic acids is 3. The molecule has 0 aliphatic rings. The molecule has 0 bridgehead atoms. The fourth-order valence-electron chi connectivity index (χ4n) is 2.20. The van der Waals surface area contributed by atoms with Gasteiger partial charge in [-0.25, -0.2) is 4.79 Å². The van der Waals surface area contributed by atoms with Crippen molar-refractivity contribution in [1.82, 2.24) is 10.6 Å². The molecule has 1 rings (SSSR count). The Hall–Kier alpha value is -2.37. The lowest BCUT2D eigenvalue weighted by Crippen LogP contribution is -2.48. The third kappa shape index (κ3) is 7.37. The number of benzene rings is 1. The van der Waals surface area contributed by atoms with Crippen LogP contribution in [0.25, 0.3) is 0 Å². The summed E-state index contributed by atoms with van der Waals surface area (Å²) in [4.78, 5) is 36.4. The van der Waals surface area contributed by atoms with Gasteiger partial charge < -0.3 is 15.4 Å². The number of esters is 1. The van der Waals surface area contributed by atoms with Crippen LogP contribution in [-0.2, 0) is 25.5 Å². The lowest BCUT2D eigenvalue weighted by atomic mass is 10.0. The van der Waals surface area contributed by atoms with Gasteiger partial charge in [-0.05, 0) is 24.8 Å². The quantitative estimate of drug-likeness (QED) is 0.667. The summed E-state index contributed by atoms with van der Waals surface area (Å²) in [5, 5.41) is 5.38. The molecule has 6 nitrogen and oxygen atoms in total. The van der Waals surface area contributed by atoms with Gasteiger partial charge in [-0.1, -0.05) is 51.1 Å². The largest absolute Gasteiger partial charge is 0.451 e. The molecule has 0 saturated heterocycles. The number of amides is 2. The topological polar surface area (TPSA) is 84.5 Å². The summed E-state index contributed by atoms with van der Waals surface area (Å²) in [6.45, 7) is 7.62. The molecular weight excluding hydrogens is 320 g/mol. The zero-order valence-electron chi connectivity index (χ0n) is 15.4. The van der Waals surface area contributed by atoms with Crippen molar-refractivity contribution >= 4 is 17.8 Å². The van der Waals surface area contributed by atoms with Gasteiger partial charge in [0.2, 0.25) is 5.91 Å². The molecule has 0 aliphatic carbocycles. The fraction of sp³-hybridized carbons (Fsp3) is 0.526. The molecule has 0 unspecified atom stereocenters. The van der Waals surface area contributed by atoms with E-state index in [1.165, 1.54) is 6.92 Å². The van der Waals surface area contributed by atoms with E-state index in [2.05, 4.69) is 10.6 Å². The van der Waals surface area contributed by atoms with Crippen molar-refractivity contribution in [2.75, 3.05) is 6.54 Å². The second-order valence-electron chi connectivity index (χ2n) is 6.32. The first-order valence-electron chi connectivity index (χ1n) is 8.66. The maximum atomic E-state index is 12.3. The van der Waals surface area contributed by atoms with Crippen LogP contribution in [0, 0.1) is 5.92 Å². The van der Waals surface area contributed by atoms with Gasteiger partial charge in [-0.3, -0.25) is 9.59 Å². The van der Waals surface area contributed by atoms with E-state index in [1.54, 1.807) is 0 Å². The van der Waals surface area contributed by atoms with Gasteiger partial charge in [0.1, 0.15) is 6.04 Å². The van der Waals surface area contributed by atoms with E-state index >= 15 is 0 Å². The van der Waals surface area contributed by atoms with Gasteiger partial charge in [-0.2, -0.15) is 0 Å². The summed E-state index contributed by atoms with van der Waals surface area (Å²) in [5.41, 5.74) is 0.864. The molecule has 2 N–H and O–H groups in total. The molecule has 25 heavy (non-hydrogen) atoms. The van der Waals surface area contributed by atoms with E-state index in [1.807, 2.05) is 51.1 Å². The Bertz CT molecular complexity index is 572. The van der Waals surface area contributed by atoms with Gasteiger partial charge >= 0.3 is 5.97 Å². The van der Waals surface area contributed by atoms with Crippen LogP contribution in [0.4, 0.5) is 0 Å². The Morgan fingerprint density at radius 3 is 2.28 bits per heavy atom. The zero-order valence-corrected chi connectivity index (χ0v) is 15.4. The minimum atomic E-state index is -0.897. The fourth-order valence-corrected chi connectivity index (χ4v) is 2.20. The van der Waals surface area contributed by atoms with Gasteiger partial charge in [-0.15, -0.1) is 0 Å². The van der Waals surface area contributed by atoms with Crippen LogP contribution < -0.4 is 10.6 Å². The van der Waals surface area contributed by atoms with Crippen LogP contribution in [0.15, 0.2) is 30.3 Å². The Kier molecular flexibility index (Phi) is 8.67. The van der Waals surface area contributed by atoms with Crippen LogP contribution in [-0.4, -0.2) is 36.5 Å². The van der Waals surface area contributed by atoms with Crippen LogP contribution in [0.5, 0.6) is 0 Å². The van der Waals surface area contributed by atoms with Gasteiger partial charge in [0.25, 0.3) is 5.91 Å². The SMILES string of the molecule is CCCNC(=O)[C@@H](C)OC(=O)[C@@H](NC(=O)Cc1ccccc1)C(C)C. The lowest BCUT2D eigenvalue weighted by Gasteiger charge is -2.23. The van der Waals surface area contributed by atoms with Crippen LogP contribution in [0.2, 0.25) is 0 Å². The van der Waals surface area contributed by atoms with E-state index in [-0.39, 0.29) is 24.2 Å². The van der Waals surface area contributed by atoms with Crippen molar-refractivity contribution in [2.24, 2.45) is 5.92 Å². The maximum absolute atomic E-state index is 12.3. The van der Waals surface area contributed by atoms with Crippen molar-refractivity contribution < 1.29 is 19.1 Å². The molecule has 6 heteroatoms. The van der Waals surface area contributed by atoms with E-state index in [9.17, 15) is 14.4 Å². The molecule has 0 saturated carbocycles. The molecule has 0 heterocycles. The highest BCUT2D eigenvalue weighted by molar-refractivity contribution is 5.88. The number of hydrogen-bond acceptors (Lipinski definition) is 4. The van der Waals surface area contributed by atoms with Gasteiger partial charge in [0, 0.05) is 6.54 Å². The van der Waals surface area contributed by atoms with Crippen LogP contribution in [0.1, 0.15) is 39.7 Å². The average Bonchev–Trinajstić information content (AvgIpc) is 2.57. The number of nitrogens with one attached hydrogen (secondary N) is 2. The summed E-state index contributed by atoms with van der Waals surface area (Å²) in [6.07, 6.45) is 0.0896. The third-order valence-electron chi connectivity index (χ3n) is 3.66. The minimum absolute atomic E-state index is 0.155. The van der Waals surface area contributed by atoms with E-state index < -0.39 is 18.1 Å². The maximum Gasteiger partial charge on any atom is 0.329 e. The molecule has 0 radical (unpaired) electrons. The molecule has 0 aliphatic heterocycles. The number of rotatable bonds is 9. The molecular formula is C19H28N2O4. The normalized spacial score (nSPS) is 13.0. The Morgan fingerprint density at radius 2 is 1.72 bits per heavy atom. The highest BCUT2D eigenvalue weighted by atomic mass is 16.5. The Balaban J connectivity index is 2.61. The molecule has 2 atom stereocenters. The van der Waals surface area contributed by atoms with Crippen molar-refractivity contribution in [3.63, 3.8) is 0 Å². The first kappa shape index (κ1) is 20.7. The standard InChI is InChI=1S/C19H28N2O4/c1-5-11-20-18(23)14(4)25-19(24)17(13(2)3)21-16(22)12-15-9-7-6-8-10-15/h6-10,13-14,17H,5,11-12H2,1-4H3,(H,20,23)(H,21,22)/t14-,17+/m1/s1. The number of hydrogen-bond donors (Lipinski definition) is 2. The minimum Gasteiger partial charge on any atom is -0.451 e. The van der Waals surface area contributed by atoms with Crippen molar-refractivity contribution in [3.05, 3.63) is 35.9 Å². The zero-order chi connectivity index (χ0) is 18.8. The molecule has 1 aromatic carbocycles. The highest BCUT2D eigenvalue weighted by Crippen LogP contribution is 2.08. The number of carbonyl (C=O) groups is 3. The first-order valence-corrected chi connectivity index (χ1v) is 8.66. The summed E-state index contributed by atoms with van der Waals surface area (Å²) < 4.78 is 5.22. The van der Waals surface area contributed by atoms with Crippen LogP contribution >= 0.6 is 0 Å². The first-order chi connectivity index (χ1) is 11.8. The molecule has 138 valence electrons. The molecule has 1 aromatic rings. The molecule has 0 fully saturated rings. The summed E-state index contributed by atoms with van der Waals surface area (Å²) in [7, 11) is 0. The van der Waals surface area contributed by atoms with E-state index in [0.29, 0.717) is 6.54 Å². The summed E-state index contributed by atoms with van der Waals surface area (Å²) in [6, 6.07) is 8.49. The Morgan fingerprint density at radius 1 is 1.08 bits per heavy atom. The van der Waals surface area contributed by atoms with Gasteiger partial charge in [0.15, 0.2) is 6.10 Å². The summed E-state index contributed by atoms with van der Waals surface area (Å²) in [5.74, 6) is -1.35. The average molecular weight is 348 g/mol. The molecule has 0 aromatic heterocycles. The van der Waals surface area contributed by atoms with Crippen molar-refractivity contribution in [3.8, 4) is 0 Å².